The first-order valence-corrected chi connectivity index (χ1v) is 9.71. The minimum absolute atomic E-state index is 0.388. The molecule has 0 unspecified atom stereocenters. The maximum Gasteiger partial charge on any atom is 0.416 e. The number of hydrogen-bond acceptors (Lipinski definition) is 5. The Labute approximate surface area is 158 Å². The number of sulfone groups is 1. The highest BCUT2D eigenvalue weighted by atomic mass is 35.5. The largest absolute Gasteiger partial charge is 0.416 e. The number of alkyl halides is 3. The molecule has 0 N–H and O–H groups in total. The van der Waals surface area contributed by atoms with E-state index in [1.165, 1.54) is 4.90 Å². The number of rotatable bonds is 5. The third kappa shape index (κ3) is 4.41. The van der Waals surface area contributed by atoms with E-state index in [-0.39, 0.29) is 0 Å². The van der Waals surface area contributed by atoms with E-state index in [2.05, 4.69) is 10.1 Å². The lowest BCUT2D eigenvalue weighted by Gasteiger charge is -2.18. The number of nitrogens with zero attached hydrogens (tertiary/aromatic N) is 4. The van der Waals surface area contributed by atoms with Crippen LogP contribution in [0.2, 0.25) is 5.02 Å². The van der Waals surface area contributed by atoms with E-state index >= 15 is 0 Å². The molecule has 1 heterocycles. The van der Waals surface area contributed by atoms with Gasteiger partial charge in [0.15, 0.2) is 0 Å². The highest BCUT2D eigenvalue weighted by Crippen LogP contribution is 2.34. The number of aromatic nitrogens is 3. The summed E-state index contributed by atoms with van der Waals surface area (Å²) >= 11 is 5.74. The first-order valence-electron chi connectivity index (χ1n) is 7.85. The molecule has 0 fully saturated rings. The number of amides is 1. The first kappa shape index (κ1) is 21.2. The predicted molar refractivity (Wildman–Crippen MR) is 90.3 cm³/mol. The predicted octanol–water partition coefficient (Wildman–Crippen LogP) is 3.48. The van der Waals surface area contributed by atoms with Crippen LogP contribution in [0.15, 0.2) is 34.6 Å². The van der Waals surface area contributed by atoms with Crippen molar-refractivity contribution in [3.05, 3.63) is 35.1 Å². The van der Waals surface area contributed by atoms with Gasteiger partial charge in [-0.2, -0.15) is 17.9 Å². The minimum Gasteiger partial charge on any atom is -0.323 e. The van der Waals surface area contributed by atoms with E-state index in [9.17, 15) is 26.4 Å². The van der Waals surface area contributed by atoms with Crippen LogP contribution in [-0.2, 0) is 16.0 Å². The smallest absolute Gasteiger partial charge is 0.323 e. The summed E-state index contributed by atoms with van der Waals surface area (Å²) in [6, 6.07) is 1.28. The summed E-state index contributed by atoms with van der Waals surface area (Å²) < 4.78 is 64.1. The monoisotopic (exact) mass is 424 g/mol. The Bertz CT molecular complexity index is 944. The zero-order valence-electron chi connectivity index (χ0n) is 14.4. The summed E-state index contributed by atoms with van der Waals surface area (Å²) in [6.45, 7) is 4.46. The number of carbonyl (C=O) groups excluding carboxylic acids is 1. The maximum absolute atomic E-state index is 12.7. The molecule has 1 aromatic carbocycles. The van der Waals surface area contributed by atoms with Crippen molar-refractivity contribution >= 4 is 27.5 Å². The van der Waals surface area contributed by atoms with Crippen LogP contribution in [0.25, 0.3) is 0 Å². The summed E-state index contributed by atoms with van der Waals surface area (Å²) in [5.74, 6) is 0. The van der Waals surface area contributed by atoms with Gasteiger partial charge in [-0.05, 0) is 31.5 Å². The molecule has 12 heteroatoms. The van der Waals surface area contributed by atoms with Gasteiger partial charge in [-0.15, -0.1) is 5.10 Å². The zero-order chi connectivity index (χ0) is 20.4. The second-order valence-electron chi connectivity index (χ2n) is 5.48. The van der Waals surface area contributed by atoms with Crippen molar-refractivity contribution in [3.8, 4) is 0 Å². The van der Waals surface area contributed by atoms with Crippen molar-refractivity contribution < 1.29 is 26.4 Å². The molecule has 0 atom stereocenters. The maximum atomic E-state index is 12.7. The topological polar surface area (TPSA) is 85.2 Å². The SMILES string of the molecule is CCCN(CC)C(=O)n1cnc(S(=O)(=O)c2ccc(C(F)(F)F)cc2Cl)n1. The van der Waals surface area contributed by atoms with Crippen molar-refractivity contribution in [3.63, 3.8) is 0 Å². The summed E-state index contributed by atoms with van der Waals surface area (Å²) in [5.41, 5.74) is -1.08. The Balaban J connectivity index is 2.39. The van der Waals surface area contributed by atoms with E-state index in [4.69, 9.17) is 11.6 Å². The molecule has 0 aliphatic heterocycles. The molecule has 2 aromatic rings. The van der Waals surface area contributed by atoms with Gasteiger partial charge >= 0.3 is 12.2 Å². The first-order chi connectivity index (χ1) is 12.5. The quantitative estimate of drug-likeness (QED) is 0.733. The van der Waals surface area contributed by atoms with E-state index in [1.807, 2.05) is 6.92 Å². The van der Waals surface area contributed by atoms with Gasteiger partial charge in [0.1, 0.15) is 6.33 Å². The lowest BCUT2D eigenvalue weighted by atomic mass is 10.2. The standard InChI is InChI=1S/C15H16ClF3N4O3S/c1-3-7-22(4-2)14(24)23-9-20-13(21-23)27(25,26)12-6-5-10(8-11(12)16)15(17,18)19/h5-6,8-9H,3-4,7H2,1-2H3. The van der Waals surface area contributed by atoms with E-state index in [0.717, 1.165) is 17.1 Å². The normalized spacial score (nSPS) is 12.2. The number of hydrogen-bond donors (Lipinski definition) is 0. The summed E-state index contributed by atoms with van der Waals surface area (Å²) in [5, 5.41) is 2.32. The molecular formula is C15H16ClF3N4O3S. The van der Waals surface area contributed by atoms with Crippen LogP contribution >= 0.6 is 11.6 Å². The molecule has 0 spiro atoms. The number of carbonyl (C=O) groups is 1. The van der Waals surface area contributed by atoms with Crippen LogP contribution in [-0.4, -0.2) is 47.2 Å². The van der Waals surface area contributed by atoms with Gasteiger partial charge in [0.25, 0.3) is 5.16 Å². The number of benzene rings is 1. The molecular weight excluding hydrogens is 409 g/mol. The average Bonchev–Trinajstić information content (AvgIpc) is 3.09. The Morgan fingerprint density at radius 3 is 2.48 bits per heavy atom. The molecule has 0 aliphatic rings. The molecule has 0 aliphatic carbocycles. The fraction of sp³-hybridized carbons (Fsp3) is 0.400. The molecule has 0 saturated heterocycles. The molecule has 2 rings (SSSR count). The molecule has 0 bridgehead atoms. The van der Waals surface area contributed by atoms with Crippen molar-refractivity contribution in [2.75, 3.05) is 13.1 Å². The van der Waals surface area contributed by atoms with Crippen LogP contribution in [0, 0.1) is 0 Å². The second-order valence-corrected chi connectivity index (χ2v) is 7.70. The van der Waals surface area contributed by atoms with Crippen LogP contribution in [0.1, 0.15) is 25.8 Å². The third-order valence-corrected chi connectivity index (χ3v) is 5.63. The Morgan fingerprint density at radius 2 is 1.96 bits per heavy atom. The van der Waals surface area contributed by atoms with Gasteiger partial charge in [0, 0.05) is 13.1 Å². The third-order valence-electron chi connectivity index (χ3n) is 3.60. The van der Waals surface area contributed by atoms with Crippen molar-refractivity contribution in [2.45, 2.75) is 36.5 Å². The van der Waals surface area contributed by atoms with Gasteiger partial charge in [-0.1, -0.05) is 18.5 Å². The van der Waals surface area contributed by atoms with Crippen LogP contribution in [0.4, 0.5) is 18.0 Å². The molecule has 1 amide bonds. The van der Waals surface area contributed by atoms with Crippen LogP contribution in [0.5, 0.6) is 0 Å². The fourth-order valence-electron chi connectivity index (χ4n) is 2.26. The molecule has 7 nitrogen and oxygen atoms in total. The molecule has 148 valence electrons. The van der Waals surface area contributed by atoms with Crippen LogP contribution in [0.3, 0.4) is 0 Å². The van der Waals surface area contributed by atoms with Gasteiger partial charge in [-0.25, -0.2) is 18.2 Å². The highest BCUT2D eigenvalue weighted by molar-refractivity contribution is 7.91. The number of halogens is 4. The van der Waals surface area contributed by atoms with Crippen molar-refractivity contribution in [2.24, 2.45) is 0 Å². The summed E-state index contributed by atoms with van der Waals surface area (Å²) in [6.07, 6.45) is -3.03. The van der Waals surface area contributed by atoms with Crippen molar-refractivity contribution in [1.82, 2.24) is 19.7 Å². The second kappa shape index (κ2) is 7.85. The Kier molecular flexibility index (Phi) is 6.15. The molecule has 27 heavy (non-hydrogen) atoms. The van der Waals surface area contributed by atoms with Crippen molar-refractivity contribution in [1.29, 1.82) is 0 Å². The van der Waals surface area contributed by atoms with Gasteiger partial charge in [0.2, 0.25) is 9.84 Å². The summed E-state index contributed by atoms with van der Waals surface area (Å²) in [4.78, 5) is 16.8. The molecule has 0 saturated carbocycles. The van der Waals surface area contributed by atoms with E-state index in [1.54, 1.807) is 6.92 Å². The van der Waals surface area contributed by atoms with Gasteiger partial charge in [-0.3, -0.25) is 0 Å². The van der Waals surface area contributed by atoms with E-state index in [0.29, 0.717) is 31.6 Å². The minimum atomic E-state index is -4.67. The Morgan fingerprint density at radius 1 is 1.30 bits per heavy atom. The lowest BCUT2D eigenvalue weighted by Crippen LogP contribution is -2.35. The Hall–Kier alpha value is -2.14. The highest BCUT2D eigenvalue weighted by Gasteiger charge is 2.33. The van der Waals surface area contributed by atoms with E-state index < -0.39 is 42.7 Å². The lowest BCUT2D eigenvalue weighted by molar-refractivity contribution is -0.137. The summed E-state index contributed by atoms with van der Waals surface area (Å²) in [7, 11) is -4.40. The van der Waals surface area contributed by atoms with Gasteiger partial charge in [0.05, 0.1) is 15.5 Å². The fourth-order valence-corrected chi connectivity index (χ4v) is 3.89. The van der Waals surface area contributed by atoms with Gasteiger partial charge < -0.3 is 4.90 Å². The zero-order valence-corrected chi connectivity index (χ0v) is 15.9. The molecule has 0 radical (unpaired) electrons. The average molecular weight is 425 g/mol. The van der Waals surface area contributed by atoms with Crippen LogP contribution < -0.4 is 0 Å². The molecule has 1 aromatic heterocycles.